The van der Waals surface area contributed by atoms with E-state index in [9.17, 15) is 9.90 Å². The number of methoxy groups -OCH3 is 1. The number of fused-ring (bicyclic) bond motifs is 1. The molecule has 8 nitrogen and oxygen atoms in total. The Morgan fingerprint density at radius 2 is 2.13 bits per heavy atom. The molecule has 0 aromatic heterocycles. The standard InChI is InChI=1S/C14H17N5O3S/c1-17-11-12(18(2)14(17)21)19(13(23)16-11)15-7-8-5-4-6-9(22-3)10(8)20/h4-7,11-12,20H,1-3H3,(H,16,23)/b15-7-/t11-,12-/m1/s1. The lowest BCUT2D eigenvalue weighted by atomic mass is 10.2. The summed E-state index contributed by atoms with van der Waals surface area (Å²) in [7, 11) is 4.89. The van der Waals surface area contributed by atoms with Gasteiger partial charge in [-0.2, -0.15) is 5.10 Å². The molecule has 2 N–H and O–H groups in total. The number of carbonyl (C=O) groups is 1. The van der Waals surface area contributed by atoms with Crippen molar-refractivity contribution in [2.75, 3.05) is 21.2 Å². The summed E-state index contributed by atoms with van der Waals surface area (Å²) < 4.78 is 5.07. The van der Waals surface area contributed by atoms with Crippen LogP contribution in [0.2, 0.25) is 0 Å². The van der Waals surface area contributed by atoms with Crippen molar-refractivity contribution in [2.45, 2.75) is 12.3 Å². The van der Waals surface area contributed by atoms with E-state index in [-0.39, 0.29) is 24.1 Å². The van der Waals surface area contributed by atoms with Gasteiger partial charge in [-0.1, -0.05) is 6.07 Å². The van der Waals surface area contributed by atoms with Crippen molar-refractivity contribution in [2.24, 2.45) is 5.10 Å². The third-order valence-corrected chi connectivity index (χ3v) is 4.31. The number of ether oxygens (including phenoxy) is 1. The molecule has 1 aromatic carbocycles. The van der Waals surface area contributed by atoms with E-state index in [1.165, 1.54) is 13.3 Å². The van der Waals surface area contributed by atoms with Crippen LogP contribution in [0.4, 0.5) is 4.79 Å². The van der Waals surface area contributed by atoms with Crippen LogP contribution in [0.15, 0.2) is 23.3 Å². The van der Waals surface area contributed by atoms with Crippen LogP contribution in [0.5, 0.6) is 11.5 Å². The molecule has 0 aliphatic carbocycles. The van der Waals surface area contributed by atoms with Crippen molar-refractivity contribution in [3.8, 4) is 11.5 Å². The van der Waals surface area contributed by atoms with Gasteiger partial charge >= 0.3 is 6.03 Å². The normalized spacial score (nSPS) is 23.7. The maximum absolute atomic E-state index is 12.0. The minimum Gasteiger partial charge on any atom is -0.504 e. The van der Waals surface area contributed by atoms with E-state index in [4.69, 9.17) is 17.0 Å². The molecule has 0 spiro atoms. The predicted octanol–water partition coefficient (Wildman–Crippen LogP) is 0.574. The lowest BCUT2D eigenvalue weighted by Gasteiger charge is -2.23. The number of phenols is 1. The molecule has 1 aromatic rings. The van der Waals surface area contributed by atoms with Gasteiger partial charge in [0.25, 0.3) is 0 Å². The fourth-order valence-electron chi connectivity index (χ4n) is 2.73. The van der Waals surface area contributed by atoms with Crippen LogP contribution in [0, 0.1) is 0 Å². The Morgan fingerprint density at radius 1 is 1.39 bits per heavy atom. The molecule has 0 radical (unpaired) electrons. The molecule has 0 bridgehead atoms. The highest BCUT2D eigenvalue weighted by Gasteiger charge is 2.51. The highest BCUT2D eigenvalue weighted by molar-refractivity contribution is 7.80. The van der Waals surface area contributed by atoms with Crippen LogP contribution < -0.4 is 10.1 Å². The van der Waals surface area contributed by atoms with E-state index in [2.05, 4.69) is 10.4 Å². The Kier molecular flexibility index (Phi) is 3.72. The highest BCUT2D eigenvalue weighted by atomic mass is 32.1. The summed E-state index contributed by atoms with van der Waals surface area (Å²) in [5.74, 6) is 0.364. The van der Waals surface area contributed by atoms with Crippen molar-refractivity contribution < 1.29 is 14.6 Å². The molecular formula is C14H17N5O3S. The molecule has 2 aliphatic rings. The van der Waals surface area contributed by atoms with Gasteiger partial charge in [0.2, 0.25) is 0 Å². The number of carbonyl (C=O) groups excluding carboxylic acids is 1. The van der Waals surface area contributed by atoms with Crippen molar-refractivity contribution >= 4 is 29.6 Å². The number of rotatable bonds is 3. The molecule has 2 saturated heterocycles. The minimum atomic E-state index is -0.330. The van der Waals surface area contributed by atoms with Gasteiger partial charge < -0.3 is 25.0 Å². The van der Waals surface area contributed by atoms with Crippen molar-refractivity contribution in [3.63, 3.8) is 0 Å². The molecule has 122 valence electrons. The van der Waals surface area contributed by atoms with Gasteiger partial charge in [0.1, 0.15) is 6.17 Å². The van der Waals surface area contributed by atoms with Gasteiger partial charge in [-0.25, -0.2) is 9.80 Å². The Morgan fingerprint density at radius 3 is 2.83 bits per heavy atom. The Bertz CT molecular complexity index is 695. The Labute approximate surface area is 138 Å². The first-order valence-corrected chi connectivity index (χ1v) is 7.36. The maximum Gasteiger partial charge on any atom is 0.323 e. The van der Waals surface area contributed by atoms with E-state index in [0.29, 0.717) is 16.4 Å². The molecule has 2 amide bonds. The average molecular weight is 335 g/mol. The average Bonchev–Trinajstić information content (AvgIpc) is 2.97. The Hall–Kier alpha value is -2.55. The fraction of sp³-hybridized carbons (Fsp3) is 0.357. The number of likely N-dealkylation sites (N-methyl/N-ethyl adjacent to an activating group) is 2. The third-order valence-electron chi connectivity index (χ3n) is 4.00. The number of hydrogen-bond donors (Lipinski definition) is 2. The smallest absolute Gasteiger partial charge is 0.323 e. The number of aromatic hydroxyl groups is 1. The second kappa shape index (κ2) is 5.58. The highest BCUT2D eigenvalue weighted by Crippen LogP contribution is 2.29. The van der Waals surface area contributed by atoms with Crippen LogP contribution >= 0.6 is 12.2 Å². The van der Waals surface area contributed by atoms with Crippen molar-refractivity contribution in [3.05, 3.63) is 23.8 Å². The van der Waals surface area contributed by atoms with E-state index in [0.717, 1.165) is 0 Å². The molecule has 2 fully saturated rings. The van der Waals surface area contributed by atoms with Gasteiger partial charge in [-0.05, 0) is 24.4 Å². The number of nitrogens with zero attached hydrogens (tertiary/aromatic N) is 4. The quantitative estimate of drug-likeness (QED) is 0.621. The summed E-state index contributed by atoms with van der Waals surface area (Å²) in [6, 6.07) is 5.01. The van der Waals surface area contributed by atoms with Crippen LogP contribution in [0.25, 0.3) is 0 Å². The first kappa shape index (κ1) is 15.3. The molecule has 2 heterocycles. The zero-order valence-corrected chi connectivity index (χ0v) is 13.7. The van der Waals surface area contributed by atoms with Crippen molar-refractivity contribution in [1.82, 2.24) is 20.1 Å². The number of amides is 2. The van der Waals surface area contributed by atoms with Crippen LogP contribution in [-0.4, -0.2) is 70.8 Å². The summed E-state index contributed by atoms with van der Waals surface area (Å²) >= 11 is 5.29. The number of hydrogen-bond acceptors (Lipinski definition) is 5. The fourth-order valence-corrected chi connectivity index (χ4v) is 3.00. The SMILES string of the molecule is COc1cccc(/C=N\N2C(=S)N[C@H]3[C@@H]2N(C)C(=O)N3C)c1O. The topological polar surface area (TPSA) is 80.6 Å². The summed E-state index contributed by atoms with van der Waals surface area (Å²) in [5, 5.41) is 19.5. The molecule has 23 heavy (non-hydrogen) atoms. The monoisotopic (exact) mass is 335 g/mol. The molecule has 9 heteroatoms. The van der Waals surface area contributed by atoms with Gasteiger partial charge in [0, 0.05) is 19.7 Å². The minimum absolute atomic E-state index is 0.00125. The van der Waals surface area contributed by atoms with Crippen LogP contribution in [0.3, 0.4) is 0 Å². The zero-order chi connectivity index (χ0) is 16.7. The van der Waals surface area contributed by atoms with E-state index >= 15 is 0 Å². The summed E-state index contributed by atoms with van der Waals surface area (Å²) in [6.07, 6.45) is 0.908. The van der Waals surface area contributed by atoms with Gasteiger partial charge in [-0.15, -0.1) is 0 Å². The van der Waals surface area contributed by atoms with E-state index < -0.39 is 0 Å². The summed E-state index contributed by atoms with van der Waals surface area (Å²) in [6.45, 7) is 0. The first-order chi connectivity index (χ1) is 11.0. The van der Waals surface area contributed by atoms with Crippen molar-refractivity contribution in [1.29, 1.82) is 0 Å². The van der Waals surface area contributed by atoms with Gasteiger partial charge in [0.05, 0.1) is 13.3 Å². The molecule has 2 atom stereocenters. The number of hydrazone groups is 1. The lowest BCUT2D eigenvalue weighted by Crippen LogP contribution is -2.41. The molecule has 0 unspecified atom stereocenters. The molecule has 3 rings (SSSR count). The molecule has 0 saturated carbocycles. The summed E-state index contributed by atoms with van der Waals surface area (Å²) in [4.78, 5) is 15.2. The largest absolute Gasteiger partial charge is 0.504 e. The number of nitrogens with one attached hydrogen (secondary N) is 1. The third kappa shape index (κ3) is 2.33. The number of para-hydroxylation sites is 1. The second-order valence-corrected chi connectivity index (χ2v) is 5.69. The predicted molar refractivity (Wildman–Crippen MR) is 88.3 cm³/mol. The molecular weight excluding hydrogens is 318 g/mol. The van der Waals surface area contributed by atoms with E-state index in [1.807, 2.05) is 0 Å². The maximum atomic E-state index is 12.0. The van der Waals surface area contributed by atoms with Gasteiger partial charge in [0.15, 0.2) is 22.8 Å². The van der Waals surface area contributed by atoms with Gasteiger partial charge in [-0.3, -0.25) is 0 Å². The Balaban J connectivity index is 1.88. The van der Waals surface area contributed by atoms with E-state index in [1.54, 1.807) is 47.1 Å². The van der Waals surface area contributed by atoms with Crippen LogP contribution in [0.1, 0.15) is 5.56 Å². The lowest BCUT2D eigenvalue weighted by molar-refractivity contribution is 0.174. The zero-order valence-electron chi connectivity index (χ0n) is 12.9. The number of thiocarbonyl (C=S) groups is 1. The second-order valence-electron chi connectivity index (χ2n) is 5.30. The van der Waals surface area contributed by atoms with Crippen LogP contribution in [-0.2, 0) is 0 Å². The first-order valence-electron chi connectivity index (χ1n) is 6.95. The molecule has 2 aliphatic heterocycles. The summed E-state index contributed by atoms with van der Waals surface area (Å²) in [5.41, 5.74) is 0.496. The number of urea groups is 1. The number of phenolic OH excluding ortho intramolecular Hbond substituents is 1. The number of benzene rings is 1.